The van der Waals surface area contributed by atoms with Gasteiger partial charge in [0.05, 0.1) is 28.6 Å². The number of aryl methyl sites for hydroxylation is 2. The monoisotopic (exact) mass is 357 g/mol. The van der Waals surface area contributed by atoms with Crippen LogP contribution in [-0.2, 0) is 24.1 Å². The Balaban J connectivity index is 2.18. The normalized spacial score (nSPS) is 23.7. The van der Waals surface area contributed by atoms with Gasteiger partial charge in [0.25, 0.3) is 0 Å². The van der Waals surface area contributed by atoms with E-state index in [1.54, 1.807) is 0 Å². The third kappa shape index (κ3) is 3.88. The summed E-state index contributed by atoms with van der Waals surface area (Å²) in [5, 5.41) is 8.37. The van der Waals surface area contributed by atoms with Crippen LogP contribution in [0.25, 0.3) is 0 Å². The van der Waals surface area contributed by atoms with Crippen LogP contribution in [0, 0.1) is 5.92 Å². The molecule has 1 aliphatic heterocycles. The lowest BCUT2D eigenvalue weighted by molar-refractivity contribution is 0.117. The molecule has 0 bridgehead atoms. The molecule has 0 radical (unpaired) electrons. The summed E-state index contributed by atoms with van der Waals surface area (Å²) in [5.74, 6) is 0.595. The Morgan fingerprint density at radius 2 is 2.19 bits per heavy atom. The molecule has 120 valence electrons. The minimum absolute atomic E-state index is 0.391. The molecule has 2 heterocycles. The number of ether oxygens (including phenoxy) is 1. The van der Waals surface area contributed by atoms with Crippen LogP contribution in [0.4, 0.5) is 0 Å². The molecule has 5 heteroatoms. The minimum atomic E-state index is 0.391. The summed E-state index contributed by atoms with van der Waals surface area (Å²) in [7, 11) is 0. The molecular formula is C16H28BrN3O. The van der Waals surface area contributed by atoms with E-state index < -0.39 is 0 Å². The summed E-state index contributed by atoms with van der Waals surface area (Å²) >= 11 is 3.76. The number of halogens is 1. The standard InChI is InChI=1S/C16H28BrN3O/c1-5-13-16(17)15(20(7-3)19-13)9-14(18-6-2)12-8-11(4)21-10-12/h11-12,14,18H,5-10H2,1-4H3. The average molecular weight is 358 g/mol. The summed E-state index contributed by atoms with van der Waals surface area (Å²) in [6.07, 6.45) is 3.52. The summed E-state index contributed by atoms with van der Waals surface area (Å²) in [4.78, 5) is 0. The number of nitrogens with zero attached hydrogens (tertiary/aromatic N) is 2. The van der Waals surface area contributed by atoms with E-state index in [-0.39, 0.29) is 0 Å². The van der Waals surface area contributed by atoms with E-state index in [1.807, 2.05) is 0 Å². The Hall–Kier alpha value is -0.390. The maximum atomic E-state index is 5.77. The van der Waals surface area contributed by atoms with Crippen LogP contribution in [0.3, 0.4) is 0 Å². The van der Waals surface area contributed by atoms with Gasteiger partial charge in [-0.1, -0.05) is 13.8 Å². The van der Waals surface area contributed by atoms with Gasteiger partial charge in [0.2, 0.25) is 0 Å². The largest absolute Gasteiger partial charge is 0.378 e. The third-order valence-corrected chi connectivity index (χ3v) is 5.29. The number of aromatic nitrogens is 2. The van der Waals surface area contributed by atoms with E-state index >= 15 is 0 Å². The van der Waals surface area contributed by atoms with Gasteiger partial charge in [-0.3, -0.25) is 4.68 Å². The Morgan fingerprint density at radius 3 is 2.71 bits per heavy atom. The van der Waals surface area contributed by atoms with Gasteiger partial charge in [-0.2, -0.15) is 5.10 Å². The van der Waals surface area contributed by atoms with Crippen molar-refractivity contribution in [3.63, 3.8) is 0 Å². The third-order valence-electron chi connectivity index (χ3n) is 4.37. The van der Waals surface area contributed by atoms with Gasteiger partial charge >= 0.3 is 0 Å². The highest BCUT2D eigenvalue weighted by molar-refractivity contribution is 9.10. The minimum Gasteiger partial charge on any atom is -0.378 e. The van der Waals surface area contributed by atoms with E-state index in [0.29, 0.717) is 18.1 Å². The SMILES string of the molecule is CCNC(Cc1c(Br)c(CC)nn1CC)C1COC(C)C1. The zero-order chi connectivity index (χ0) is 15.4. The molecule has 1 fully saturated rings. The van der Waals surface area contributed by atoms with E-state index in [2.05, 4.69) is 53.6 Å². The van der Waals surface area contributed by atoms with E-state index in [9.17, 15) is 0 Å². The molecule has 0 aliphatic carbocycles. The van der Waals surface area contributed by atoms with Crippen molar-refractivity contribution in [2.45, 2.75) is 65.6 Å². The summed E-state index contributed by atoms with van der Waals surface area (Å²) < 4.78 is 9.11. The molecule has 3 unspecified atom stereocenters. The van der Waals surface area contributed by atoms with Crippen molar-refractivity contribution >= 4 is 15.9 Å². The molecule has 1 saturated heterocycles. The maximum absolute atomic E-state index is 5.77. The fourth-order valence-corrected chi connectivity index (χ4v) is 3.95. The fourth-order valence-electron chi connectivity index (χ4n) is 3.22. The summed E-state index contributed by atoms with van der Waals surface area (Å²) in [5.41, 5.74) is 2.48. The van der Waals surface area contributed by atoms with Gasteiger partial charge < -0.3 is 10.1 Å². The van der Waals surface area contributed by atoms with Crippen LogP contribution in [-0.4, -0.2) is 35.1 Å². The first-order valence-electron chi connectivity index (χ1n) is 8.19. The van der Waals surface area contributed by atoms with Crippen molar-refractivity contribution in [2.75, 3.05) is 13.2 Å². The molecule has 1 N–H and O–H groups in total. The number of nitrogens with one attached hydrogen (secondary N) is 1. The average Bonchev–Trinajstić information content (AvgIpc) is 3.03. The van der Waals surface area contributed by atoms with Crippen LogP contribution >= 0.6 is 15.9 Å². The summed E-state index contributed by atoms with van der Waals surface area (Å²) in [6.45, 7) is 11.5. The molecule has 1 aromatic rings. The van der Waals surface area contributed by atoms with Crippen LogP contribution in [0.1, 0.15) is 45.5 Å². The van der Waals surface area contributed by atoms with Crippen LogP contribution in [0.2, 0.25) is 0 Å². The predicted molar refractivity (Wildman–Crippen MR) is 89.7 cm³/mol. The topological polar surface area (TPSA) is 39.1 Å². The van der Waals surface area contributed by atoms with Crippen LogP contribution in [0.15, 0.2) is 4.47 Å². The second kappa shape index (κ2) is 7.75. The first kappa shape index (κ1) is 17.0. The molecule has 21 heavy (non-hydrogen) atoms. The van der Waals surface area contributed by atoms with E-state index in [1.165, 1.54) is 10.2 Å². The van der Waals surface area contributed by atoms with Gasteiger partial charge in [-0.05, 0) is 49.2 Å². The molecule has 0 amide bonds. The highest BCUT2D eigenvalue weighted by Crippen LogP contribution is 2.28. The quantitative estimate of drug-likeness (QED) is 0.814. The Kier molecular flexibility index (Phi) is 6.26. The molecule has 1 aliphatic rings. The molecule has 1 aromatic heterocycles. The lowest BCUT2D eigenvalue weighted by Crippen LogP contribution is -2.39. The highest BCUT2D eigenvalue weighted by atomic mass is 79.9. The zero-order valence-electron chi connectivity index (χ0n) is 13.7. The second-order valence-electron chi connectivity index (χ2n) is 5.88. The molecule has 0 aromatic carbocycles. The van der Waals surface area contributed by atoms with Crippen LogP contribution in [0.5, 0.6) is 0 Å². The van der Waals surface area contributed by atoms with Crippen molar-refractivity contribution in [1.29, 1.82) is 0 Å². The second-order valence-corrected chi connectivity index (χ2v) is 6.68. The van der Waals surface area contributed by atoms with Gasteiger partial charge in [-0.25, -0.2) is 0 Å². The molecular weight excluding hydrogens is 330 g/mol. The maximum Gasteiger partial charge on any atom is 0.0766 e. The van der Waals surface area contributed by atoms with Crippen molar-refractivity contribution in [3.8, 4) is 0 Å². The molecule has 0 spiro atoms. The smallest absolute Gasteiger partial charge is 0.0766 e. The fraction of sp³-hybridized carbons (Fsp3) is 0.812. The van der Waals surface area contributed by atoms with E-state index in [4.69, 9.17) is 9.84 Å². The van der Waals surface area contributed by atoms with Crippen molar-refractivity contribution in [3.05, 3.63) is 15.9 Å². The van der Waals surface area contributed by atoms with Gasteiger partial charge in [0, 0.05) is 24.9 Å². The molecule has 2 rings (SSSR count). The number of hydrogen-bond donors (Lipinski definition) is 1. The molecule has 4 nitrogen and oxygen atoms in total. The first-order valence-corrected chi connectivity index (χ1v) is 8.98. The van der Waals surface area contributed by atoms with Crippen LogP contribution < -0.4 is 5.32 Å². The lowest BCUT2D eigenvalue weighted by atomic mass is 9.93. The van der Waals surface area contributed by atoms with Gasteiger partial charge in [0.15, 0.2) is 0 Å². The lowest BCUT2D eigenvalue weighted by Gasteiger charge is -2.24. The zero-order valence-corrected chi connectivity index (χ0v) is 15.2. The van der Waals surface area contributed by atoms with E-state index in [0.717, 1.165) is 44.7 Å². The Labute approximate surface area is 136 Å². The number of hydrogen-bond acceptors (Lipinski definition) is 3. The highest BCUT2D eigenvalue weighted by Gasteiger charge is 2.30. The first-order chi connectivity index (χ1) is 10.1. The van der Waals surface area contributed by atoms with Gasteiger partial charge in [0.1, 0.15) is 0 Å². The molecule has 3 atom stereocenters. The van der Waals surface area contributed by atoms with Crippen molar-refractivity contribution < 1.29 is 4.74 Å². The van der Waals surface area contributed by atoms with Crippen molar-refractivity contribution in [1.82, 2.24) is 15.1 Å². The van der Waals surface area contributed by atoms with Gasteiger partial charge in [-0.15, -0.1) is 0 Å². The Morgan fingerprint density at radius 1 is 1.43 bits per heavy atom. The Bertz CT molecular complexity index is 461. The number of rotatable bonds is 7. The predicted octanol–water partition coefficient (Wildman–Crippen LogP) is 3.17. The molecule has 0 saturated carbocycles. The van der Waals surface area contributed by atoms with Crippen molar-refractivity contribution in [2.24, 2.45) is 5.92 Å². The number of likely N-dealkylation sites (N-methyl/N-ethyl adjacent to an activating group) is 1. The summed E-state index contributed by atoms with van der Waals surface area (Å²) in [6, 6.07) is 0.461.